The fourth-order valence-corrected chi connectivity index (χ4v) is 6.50. The van der Waals surface area contributed by atoms with Crippen molar-refractivity contribution >= 4 is 17.5 Å². The van der Waals surface area contributed by atoms with Crippen molar-refractivity contribution in [1.82, 2.24) is 24.3 Å². The number of carbonyl (C=O) groups is 1. The van der Waals surface area contributed by atoms with E-state index >= 15 is 0 Å². The SMILES string of the molecule is COc1cc(C(=O)N2CCC(N3CCCCC3)CC2)ccc1Nc1ncc2c(n1)-c1c(C)cc(C(F)(F)F)n1CC2. The summed E-state index contributed by atoms with van der Waals surface area (Å²) in [6, 6.07) is 6.96. The molecule has 0 radical (unpaired) electrons. The third kappa shape index (κ3) is 5.39. The highest BCUT2D eigenvalue weighted by molar-refractivity contribution is 5.95. The number of hydrogen-bond acceptors (Lipinski definition) is 6. The molecule has 3 aliphatic heterocycles. The summed E-state index contributed by atoms with van der Waals surface area (Å²) in [5, 5.41) is 3.14. The molecule has 0 aliphatic carbocycles. The number of likely N-dealkylation sites (tertiary alicyclic amines) is 2. The number of aromatic nitrogens is 3. The molecule has 1 N–H and O–H groups in total. The van der Waals surface area contributed by atoms with Gasteiger partial charge in [-0.1, -0.05) is 6.42 Å². The number of hydrogen-bond donors (Lipinski definition) is 1. The zero-order valence-electron chi connectivity index (χ0n) is 23.4. The van der Waals surface area contributed by atoms with Crippen molar-refractivity contribution in [3.05, 3.63) is 52.8 Å². The molecule has 5 heterocycles. The second-order valence-corrected chi connectivity index (χ2v) is 11.2. The van der Waals surface area contributed by atoms with E-state index in [0.717, 1.165) is 31.5 Å². The van der Waals surface area contributed by atoms with E-state index in [1.54, 1.807) is 31.3 Å². The zero-order chi connectivity index (χ0) is 28.7. The number of anilines is 2. The Morgan fingerprint density at radius 3 is 2.51 bits per heavy atom. The Morgan fingerprint density at radius 2 is 1.80 bits per heavy atom. The van der Waals surface area contributed by atoms with E-state index in [1.807, 2.05) is 4.90 Å². The molecule has 218 valence electrons. The number of fused-ring (bicyclic) bond motifs is 3. The van der Waals surface area contributed by atoms with Crippen LogP contribution in [0.25, 0.3) is 11.4 Å². The van der Waals surface area contributed by atoms with Gasteiger partial charge >= 0.3 is 6.18 Å². The van der Waals surface area contributed by atoms with Crippen molar-refractivity contribution in [2.45, 2.75) is 64.2 Å². The van der Waals surface area contributed by atoms with E-state index in [0.29, 0.717) is 46.4 Å². The Bertz CT molecular complexity index is 1440. The molecular weight excluding hydrogens is 533 g/mol. The average Bonchev–Trinajstić information content (AvgIpc) is 3.35. The molecule has 0 saturated carbocycles. The molecule has 6 rings (SSSR count). The number of methoxy groups -OCH3 is 1. The summed E-state index contributed by atoms with van der Waals surface area (Å²) in [5.41, 5.74) is 2.70. The fraction of sp³-hybridized carbons (Fsp3) is 0.500. The molecule has 3 aromatic rings. The number of carbonyl (C=O) groups excluding carboxylic acids is 1. The summed E-state index contributed by atoms with van der Waals surface area (Å²) >= 11 is 0. The summed E-state index contributed by atoms with van der Waals surface area (Å²) in [5.74, 6) is 0.677. The zero-order valence-corrected chi connectivity index (χ0v) is 23.4. The molecule has 0 atom stereocenters. The molecule has 41 heavy (non-hydrogen) atoms. The highest BCUT2D eigenvalue weighted by Crippen LogP contribution is 2.40. The van der Waals surface area contributed by atoms with Crippen LogP contribution in [-0.2, 0) is 19.1 Å². The molecule has 0 spiro atoms. The Morgan fingerprint density at radius 1 is 1.05 bits per heavy atom. The van der Waals surface area contributed by atoms with Gasteiger partial charge in [0.15, 0.2) is 0 Å². The van der Waals surface area contributed by atoms with Crippen LogP contribution in [0.1, 0.15) is 59.3 Å². The van der Waals surface area contributed by atoms with E-state index in [9.17, 15) is 18.0 Å². The molecular formula is C30H35F3N6O2. The largest absolute Gasteiger partial charge is 0.495 e. The summed E-state index contributed by atoms with van der Waals surface area (Å²) in [6.07, 6.45) is 3.46. The van der Waals surface area contributed by atoms with Crippen LogP contribution in [0.2, 0.25) is 0 Å². The van der Waals surface area contributed by atoms with Crippen LogP contribution < -0.4 is 10.1 Å². The Kier molecular flexibility index (Phi) is 7.39. The highest BCUT2D eigenvalue weighted by Gasteiger charge is 2.38. The molecule has 0 unspecified atom stereocenters. The number of ether oxygens (including phenoxy) is 1. The molecule has 1 amide bonds. The first-order chi connectivity index (χ1) is 19.7. The molecule has 0 bridgehead atoms. The van der Waals surface area contributed by atoms with Gasteiger partial charge in [0, 0.05) is 43.0 Å². The summed E-state index contributed by atoms with van der Waals surface area (Å²) in [6.45, 7) is 5.70. The van der Waals surface area contributed by atoms with Gasteiger partial charge in [0.25, 0.3) is 5.91 Å². The number of alkyl halides is 3. The predicted molar refractivity (Wildman–Crippen MR) is 150 cm³/mol. The molecule has 2 saturated heterocycles. The Labute approximate surface area is 237 Å². The van der Waals surface area contributed by atoms with E-state index in [2.05, 4.69) is 20.2 Å². The monoisotopic (exact) mass is 568 g/mol. The number of rotatable bonds is 5. The van der Waals surface area contributed by atoms with Crippen LogP contribution in [0, 0.1) is 6.92 Å². The Hall–Kier alpha value is -3.60. The van der Waals surface area contributed by atoms with E-state index < -0.39 is 11.9 Å². The number of halogens is 3. The maximum absolute atomic E-state index is 13.6. The van der Waals surface area contributed by atoms with Crippen molar-refractivity contribution in [2.75, 3.05) is 38.6 Å². The van der Waals surface area contributed by atoms with Gasteiger partial charge in [-0.15, -0.1) is 0 Å². The van der Waals surface area contributed by atoms with E-state index in [1.165, 1.54) is 50.1 Å². The minimum atomic E-state index is -4.44. The molecule has 2 fully saturated rings. The minimum Gasteiger partial charge on any atom is -0.495 e. The van der Waals surface area contributed by atoms with Crippen molar-refractivity contribution in [1.29, 1.82) is 0 Å². The minimum absolute atomic E-state index is 0.0197. The number of amides is 1. The van der Waals surface area contributed by atoms with Gasteiger partial charge in [-0.25, -0.2) is 9.97 Å². The summed E-state index contributed by atoms with van der Waals surface area (Å²) in [7, 11) is 1.53. The van der Waals surface area contributed by atoms with Crippen molar-refractivity contribution in [3.63, 3.8) is 0 Å². The van der Waals surface area contributed by atoms with Gasteiger partial charge in [-0.2, -0.15) is 13.2 Å². The smallest absolute Gasteiger partial charge is 0.431 e. The molecule has 3 aliphatic rings. The maximum Gasteiger partial charge on any atom is 0.431 e. The lowest BCUT2D eigenvalue weighted by molar-refractivity contribution is -0.143. The number of aryl methyl sites for hydroxylation is 2. The lowest BCUT2D eigenvalue weighted by Crippen LogP contribution is -2.48. The quantitative estimate of drug-likeness (QED) is 0.428. The molecule has 1 aromatic carbocycles. The topological polar surface area (TPSA) is 75.5 Å². The van der Waals surface area contributed by atoms with Gasteiger partial charge in [-0.3, -0.25) is 4.79 Å². The van der Waals surface area contributed by atoms with Gasteiger partial charge in [0.05, 0.1) is 24.2 Å². The van der Waals surface area contributed by atoms with Gasteiger partial charge in [0.2, 0.25) is 5.95 Å². The first-order valence-electron chi connectivity index (χ1n) is 14.3. The van der Waals surface area contributed by atoms with Crippen molar-refractivity contribution < 1.29 is 22.7 Å². The van der Waals surface area contributed by atoms with Crippen molar-refractivity contribution in [2.24, 2.45) is 0 Å². The molecule has 2 aromatic heterocycles. The lowest BCUT2D eigenvalue weighted by atomic mass is 9.99. The lowest BCUT2D eigenvalue weighted by Gasteiger charge is -2.40. The maximum atomic E-state index is 13.6. The summed E-state index contributed by atoms with van der Waals surface area (Å²) < 4.78 is 47.7. The number of benzene rings is 1. The second kappa shape index (κ2) is 11.0. The third-order valence-corrected chi connectivity index (χ3v) is 8.63. The fourth-order valence-electron chi connectivity index (χ4n) is 6.50. The predicted octanol–water partition coefficient (Wildman–Crippen LogP) is 5.67. The normalized spacial score (nSPS) is 18.1. The van der Waals surface area contributed by atoms with Crippen LogP contribution in [0.5, 0.6) is 5.75 Å². The number of piperidine rings is 2. The van der Waals surface area contributed by atoms with Crippen LogP contribution >= 0.6 is 0 Å². The number of nitrogens with one attached hydrogen (secondary N) is 1. The van der Waals surface area contributed by atoms with E-state index in [-0.39, 0.29) is 18.4 Å². The van der Waals surface area contributed by atoms with Crippen molar-refractivity contribution in [3.8, 4) is 17.1 Å². The van der Waals surface area contributed by atoms with Gasteiger partial charge in [0.1, 0.15) is 11.4 Å². The van der Waals surface area contributed by atoms with E-state index in [4.69, 9.17) is 4.74 Å². The average molecular weight is 569 g/mol. The molecule has 11 heteroatoms. The summed E-state index contributed by atoms with van der Waals surface area (Å²) in [4.78, 5) is 26.9. The first kappa shape index (κ1) is 27.6. The second-order valence-electron chi connectivity index (χ2n) is 11.2. The highest BCUT2D eigenvalue weighted by atomic mass is 19.4. The van der Waals surface area contributed by atoms with Crippen LogP contribution in [0.15, 0.2) is 30.5 Å². The van der Waals surface area contributed by atoms with Gasteiger partial charge in [-0.05, 0) is 81.9 Å². The van der Waals surface area contributed by atoms with Gasteiger partial charge < -0.3 is 24.4 Å². The molecule has 8 nitrogen and oxygen atoms in total. The first-order valence-corrected chi connectivity index (χ1v) is 14.3. The van der Waals surface area contributed by atoms with Crippen LogP contribution in [0.3, 0.4) is 0 Å². The van der Waals surface area contributed by atoms with Crippen LogP contribution in [0.4, 0.5) is 24.8 Å². The third-order valence-electron chi connectivity index (χ3n) is 8.63. The Balaban J connectivity index is 1.18. The number of nitrogens with zero attached hydrogens (tertiary/aromatic N) is 5. The standard InChI is InChI=1S/C30H35F3N6O2/c1-19-16-25(30(31,32)33)39-15-8-21-18-34-29(36-26(21)27(19)39)35-23-7-6-20(17-24(23)41-2)28(40)38-13-9-22(10-14-38)37-11-4-3-5-12-37/h6-7,16-18,22H,3-5,8-15H2,1-2H3,(H,34,35,36). The van der Waals surface area contributed by atoms with Crippen LogP contribution in [-0.4, -0.2) is 69.6 Å².